The van der Waals surface area contributed by atoms with E-state index in [1.54, 1.807) is 34.7 Å². The molecule has 2 aromatic rings. The monoisotopic (exact) mass is 501 g/mol. The maximum absolute atomic E-state index is 13.1. The summed E-state index contributed by atoms with van der Waals surface area (Å²) in [7, 11) is -2.79. The molecule has 3 rings (SSSR count). The summed E-state index contributed by atoms with van der Waals surface area (Å²) in [6.45, 7) is 6.81. The Kier molecular flexibility index (Phi) is 7.74. The van der Waals surface area contributed by atoms with Crippen LogP contribution < -0.4 is 5.49 Å². The van der Waals surface area contributed by atoms with Crippen LogP contribution in [0.5, 0.6) is 0 Å². The minimum atomic E-state index is -4.46. The zero-order chi connectivity index (χ0) is 25.5. The first-order chi connectivity index (χ1) is 15.9. The number of imidazole rings is 1. The molecule has 192 valence electrons. The predicted octanol–water partition coefficient (Wildman–Crippen LogP) is 1.53. The van der Waals surface area contributed by atoms with Gasteiger partial charge in [-0.1, -0.05) is 27.7 Å². The summed E-state index contributed by atoms with van der Waals surface area (Å²) in [5.41, 5.74) is -0.404. The van der Waals surface area contributed by atoms with Crippen molar-refractivity contribution in [2.45, 2.75) is 95.3 Å². The van der Waals surface area contributed by atoms with Gasteiger partial charge in [-0.2, -0.15) is 0 Å². The third-order valence-electron chi connectivity index (χ3n) is 7.15. The molecule has 0 amide bonds. The summed E-state index contributed by atoms with van der Waals surface area (Å²) in [6, 6.07) is 0. The first-order valence-electron chi connectivity index (χ1n) is 11.6. The van der Waals surface area contributed by atoms with Crippen LogP contribution in [-0.2, 0) is 20.9 Å². The average molecular weight is 502 g/mol. The molecular formula is C21H36N5O7P. The SMILES string of the molecule is CCC(CC)(CC1O[C@@H](n2cnc3c(=N)n(C)cnc32)[C@H](O)[C@@H]1O)OP(=O)(O)C(O)(CC)CC. The molecule has 1 aliphatic heterocycles. The standard InChI is InChI=1S/C21H36N5O7P/c1-6-20(7-2,33-34(30,31)21(29,8-3)9-4)10-13-15(27)16(28)19(32-13)26-12-23-14-17(22)25(5)11-24-18(14)26/h11-13,15-16,19,22,27-29H,6-10H2,1-5H3,(H,30,31)/t13?,15-,16-,19-/m1/s1. The van der Waals surface area contributed by atoms with E-state index in [-0.39, 0.29) is 24.8 Å². The summed E-state index contributed by atoms with van der Waals surface area (Å²) in [5, 5.41) is 38.5. The van der Waals surface area contributed by atoms with Gasteiger partial charge in [-0.15, -0.1) is 0 Å². The Labute approximate surface area is 198 Å². The van der Waals surface area contributed by atoms with Gasteiger partial charge in [0.2, 0.25) is 0 Å². The Balaban J connectivity index is 1.89. The lowest BCUT2D eigenvalue weighted by Gasteiger charge is -2.40. The molecule has 1 saturated heterocycles. The number of aryl methyl sites for hydroxylation is 1. The number of aliphatic hydroxyl groups excluding tert-OH is 2. The van der Waals surface area contributed by atoms with E-state index in [4.69, 9.17) is 14.7 Å². The summed E-state index contributed by atoms with van der Waals surface area (Å²) >= 11 is 0. The van der Waals surface area contributed by atoms with Gasteiger partial charge in [0.15, 0.2) is 22.7 Å². The van der Waals surface area contributed by atoms with E-state index >= 15 is 0 Å². The van der Waals surface area contributed by atoms with Crippen LogP contribution in [-0.4, -0.2) is 68.6 Å². The van der Waals surface area contributed by atoms with Crippen LogP contribution in [0, 0.1) is 5.41 Å². The van der Waals surface area contributed by atoms with Gasteiger partial charge in [0.05, 0.1) is 24.4 Å². The maximum atomic E-state index is 13.1. The number of ether oxygens (including phenoxy) is 1. The van der Waals surface area contributed by atoms with Crippen molar-refractivity contribution in [2.24, 2.45) is 7.05 Å². The molecular weight excluding hydrogens is 465 g/mol. The van der Waals surface area contributed by atoms with E-state index in [9.17, 15) is 24.8 Å². The molecule has 13 heteroatoms. The largest absolute Gasteiger partial charge is 0.388 e. The summed E-state index contributed by atoms with van der Waals surface area (Å²) in [6.07, 6.45) is -1.01. The topological polar surface area (TPSA) is 176 Å². The van der Waals surface area contributed by atoms with Crippen molar-refractivity contribution in [3.8, 4) is 0 Å². The van der Waals surface area contributed by atoms with Crippen LogP contribution in [0.25, 0.3) is 11.2 Å². The van der Waals surface area contributed by atoms with Gasteiger partial charge in [-0.05, 0) is 25.7 Å². The van der Waals surface area contributed by atoms with Gasteiger partial charge < -0.3 is 29.5 Å². The van der Waals surface area contributed by atoms with Gasteiger partial charge in [0, 0.05) is 13.5 Å². The van der Waals surface area contributed by atoms with Crippen molar-refractivity contribution in [3.63, 3.8) is 0 Å². The molecule has 1 fully saturated rings. The Morgan fingerprint density at radius 3 is 2.29 bits per heavy atom. The van der Waals surface area contributed by atoms with E-state index in [1.807, 2.05) is 0 Å². The van der Waals surface area contributed by atoms with Crippen LogP contribution in [0.3, 0.4) is 0 Å². The maximum Gasteiger partial charge on any atom is 0.359 e. The Bertz CT molecular complexity index is 1110. The molecule has 0 aliphatic carbocycles. The van der Waals surface area contributed by atoms with Crippen molar-refractivity contribution < 1.29 is 34.0 Å². The number of rotatable bonds is 10. The lowest BCUT2D eigenvalue weighted by Crippen LogP contribution is -2.42. The quantitative estimate of drug-likeness (QED) is 0.302. The second-order valence-electron chi connectivity index (χ2n) is 8.97. The molecule has 5 atom stereocenters. The molecule has 34 heavy (non-hydrogen) atoms. The number of aliphatic hydroxyl groups is 3. The number of nitrogens with one attached hydrogen (secondary N) is 1. The average Bonchev–Trinajstić information content (AvgIpc) is 3.36. The Morgan fingerprint density at radius 2 is 1.74 bits per heavy atom. The highest BCUT2D eigenvalue weighted by molar-refractivity contribution is 7.54. The number of aromatic nitrogens is 4. The molecule has 0 bridgehead atoms. The minimum Gasteiger partial charge on any atom is -0.388 e. The highest BCUT2D eigenvalue weighted by Gasteiger charge is 2.52. The number of fused-ring (bicyclic) bond motifs is 1. The van der Waals surface area contributed by atoms with Crippen molar-refractivity contribution >= 4 is 18.8 Å². The second-order valence-corrected chi connectivity index (χ2v) is 11.0. The summed E-state index contributed by atoms with van der Waals surface area (Å²) in [4.78, 5) is 19.2. The van der Waals surface area contributed by atoms with Crippen molar-refractivity contribution in [1.82, 2.24) is 19.1 Å². The normalized spacial score (nSPS) is 25.7. The fourth-order valence-corrected chi connectivity index (χ4v) is 6.23. The molecule has 0 saturated carbocycles. The number of nitrogens with zero attached hydrogens (tertiary/aromatic N) is 4. The first kappa shape index (κ1) is 26.9. The lowest BCUT2D eigenvalue weighted by atomic mass is 9.88. The van der Waals surface area contributed by atoms with Crippen LogP contribution in [0.15, 0.2) is 12.7 Å². The molecule has 5 N–H and O–H groups in total. The molecule has 1 aliphatic rings. The van der Waals surface area contributed by atoms with Crippen LogP contribution in [0.1, 0.15) is 66.0 Å². The van der Waals surface area contributed by atoms with Gasteiger partial charge in [0.1, 0.15) is 17.7 Å². The van der Waals surface area contributed by atoms with Crippen molar-refractivity contribution in [1.29, 1.82) is 5.41 Å². The summed E-state index contributed by atoms with van der Waals surface area (Å²) in [5.74, 6) is 0. The molecule has 0 spiro atoms. The van der Waals surface area contributed by atoms with Crippen molar-refractivity contribution in [2.75, 3.05) is 0 Å². The van der Waals surface area contributed by atoms with Crippen molar-refractivity contribution in [3.05, 3.63) is 18.1 Å². The van der Waals surface area contributed by atoms with Crippen LogP contribution in [0.2, 0.25) is 0 Å². The van der Waals surface area contributed by atoms with E-state index in [2.05, 4.69) is 9.97 Å². The zero-order valence-electron chi connectivity index (χ0n) is 20.2. The number of hydrogen-bond donors (Lipinski definition) is 5. The minimum absolute atomic E-state index is 0.0154. The Hall–Kier alpha value is -1.66. The van der Waals surface area contributed by atoms with Crippen LogP contribution in [0.4, 0.5) is 0 Å². The number of hydrogen-bond acceptors (Lipinski definition) is 9. The smallest absolute Gasteiger partial charge is 0.359 e. The second kappa shape index (κ2) is 9.77. The third kappa shape index (κ3) is 4.48. The molecule has 12 nitrogen and oxygen atoms in total. The molecule has 0 radical (unpaired) electrons. The summed E-state index contributed by atoms with van der Waals surface area (Å²) < 4.78 is 27.9. The van der Waals surface area contributed by atoms with Gasteiger partial charge >= 0.3 is 7.60 Å². The van der Waals surface area contributed by atoms with Crippen LogP contribution >= 0.6 is 7.60 Å². The van der Waals surface area contributed by atoms with Gasteiger partial charge in [0.25, 0.3) is 0 Å². The van der Waals surface area contributed by atoms with E-state index in [0.717, 1.165) is 0 Å². The fourth-order valence-electron chi connectivity index (χ4n) is 4.40. The molecule has 2 aromatic heterocycles. The molecule has 0 aromatic carbocycles. The highest BCUT2D eigenvalue weighted by Crippen LogP contribution is 2.61. The zero-order valence-corrected chi connectivity index (χ0v) is 21.1. The molecule has 3 heterocycles. The van der Waals surface area contributed by atoms with E-state index < -0.39 is 43.1 Å². The first-order valence-corrected chi connectivity index (χ1v) is 13.2. The van der Waals surface area contributed by atoms with E-state index in [0.29, 0.717) is 24.0 Å². The highest BCUT2D eigenvalue weighted by atomic mass is 31.2. The van der Waals surface area contributed by atoms with E-state index in [1.165, 1.54) is 21.8 Å². The van der Waals surface area contributed by atoms with Gasteiger partial charge in [-0.25, -0.2) is 9.97 Å². The third-order valence-corrected chi connectivity index (χ3v) is 9.47. The Morgan fingerprint density at radius 1 is 1.12 bits per heavy atom. The fraction of sp³-hybridized carbons (Fsp3) is 0.762. The predicted molar refractivity (Wildman–Crippen MR) is 123 cm³/mol. The van der Waals surface area contributed by atoms with Gasteiger partial charge in [-0.3, -0.25) is 19.1 Å². The molecule has 2 unspecified atom stereocenters. The lowest BCUT2D eigenvalue weighted by molar-refractivity contribution is -0.0761.